The van der Waals surface area contributed by atoms with Crippen molar-refractivity contribution < 1.29 is 17.7 Å². The summed E-state index contributed by atoms with van der Waals surface area (Å²) >= 11 is 0. The van der Waals surface area contributed by atoms with Gasteiger partial charge in [-0.3, -0.25) is 0 Å². The maximum atomic E-state index is 11.8. The van der Waals surface area contributed by atoms with Crippen LogP contribution in [0.4, 0.5) is 0 Å². The Labute approximate surface area is 105 Å². The third-order valence-corrected chi connectivity index (χ3v) is 3.70. The lowest BCUT2D eigenvalue weighted by Crippen LogP contribution is -2.28. The second kappa shape index (κ2) is 5.47. The number of hydrogen-bond acceptors (Lipinski definition) is 5. The molecule has 1 N–H and O–H groups in total. The van der Waals surface area contributed by atoms with E-state index in [1.165, 1.54) is 7.11 Å². The largest absolute Gasteiger partial charge is 0.383 e. The van der Waals surface area contributed by atoms with Crippen LogP contribution in [0, 0.1) is 0 Å². The van der Waals surface area contributed by atoms with E-state index in [1.807, 2.05) is 12.1 Å². The number of nitrogens with zero attached hydrogens (tertiary/aromatic N) is 1. The van der Waals surface area contributed by atoms with Crippen LogP contribution in [0.5, 0.6) is 0 Å². The zero-order chi connectivity index (χ0) is 13.0. The Kier molecular flexibility index (Phi) is 3.95. The fourth-order valence-corrected chi connectivity index (χ4v) is 2.64. The summed E-state index contributed by atoms with van der Waals surface area (Å²) in [5, 5.41) is 4.50. The molecule has 2 aromatic rings. The summed E-state index contributed by atoms with van der Waals surface area (Å²) in [4.78, 5) is 0. The monoisotopic (exact) mass is 270 g/mol. The van der Waals surface area contributed by atoms with Crippen molar-refractivity contribution in [1.82, 2.24) is 9.88 Å². The third-order valence-electron chi connectivity index (χ3n) is 2.41. The molecule has 0 saturated carbocycles. The SMILES string of the molecule is COCCNS(=O)(=O)Cc1noc2ccccc12. The van der Waals surface area contributed by atoms with Gasteiger partial charge >= 0.3 is 0 Å². The highest BCUT2D eigenvalue weighted by Crippen LogP contribution is 2.19. The van der Waals surface area contributed by atoms with Crippen molar-refractivity contribution in [3.8, 4) is 0 Å². The Morgan fingerprint density at radius 2 is 2.17 bits per heavy atom. The van der Waals surface area contributed by atoms with Gasteiger partial charge in [-0.2, -0.15) is 0 Å². The number of rotatable bonds is 6. The summed E-state index contributed by atoms with van der Waals surface area (Å²) in [7, 11) is -1.91. The van der Waals surface area contributed by atoms with Crippen LogP contribution in [0.1, 0.15) is 5.69 Å². The molecule has 6 nitrogen and oxygen atoms in total. The number of nitrogens with one attached hydrogen (secondary N) is 1. The lowest BCUT2D eigenvalue weighted by Gasteiger charge is -2.04. The Balaban J connectivity index is 2.13. The van der Waals surface area contributed by atoms with Crippen molar-refractivity contribution in [3.05, 3.63) is 30.0 Å². The molecule has 1 heterocycles. The van der Waals surface area contributed by atoms with Gasteiger partial charge in [0, 0.05) is 19.0 Å². The minimum absolute atomic E-state index is 0.201. The van der Waals surface area contributed by atoms with E-state index in [2.05, 4.69) is 9.88 Å². The van der Waals surface area contributed by atoms with Crippen molar-refractivity contribution in [3.63, 3.8) is 0 Å². The predicted octanol–water partition coefficient (Wildman–Crippen LogP) is 0.894. The second-order valence-corrected chi connectivity index (χ2v) is 5.58. The first-order valence-corrected chi connectivity index (χ1v) is 7.07. The molecule has 0 bridgehead atoms. The van der Waals surface area contributed by atoms with Crippen molar-refractivity contribution >= 4 is 21.0 Å². The van der Waals surface area contributed by atoms with E-state index in [9.17, 15) is 8.42 Å². The minimum Gasteiger partial charge on any atom is -0.383 e. The lowest BCUT2D eigenvalue weighted by molar-refractivity contribution is 0.204. The average Bonchev–Trinajstić information content (AvgIpc) is 2.72. The summed E-state index contributed by atoms with van der Waals surface area (Å²) in [6, 6.07) is 7.15. The second-order valence-electron chi connectivity index (χ2n) is 3.77. The maximum Gasteiger partial charge on any atom is 0.217 e. The molecular formula is C11H14N2O4S. The van der Waals surface area contributed by atoms with Crippen molar-refractivity contribution in [1.29, 1.82) is 0 Å². The molecule has 98 valence electrons. The fraction of sp³-hybridized carbons (Fsp3) is 0.364. The van der Waals surface area contributed by atoms with Gasteiger partial charge in [0.15, 0.2) is 5.58 Å². The van der Waals surface area contributed by atoms with Gasteiger partial charge in [-0.15, -0.1) is 0 Å². The van der Waals surface area contributed by atoms with Crippen molar-refractivity contribution in [2.75, 3.05) is 20.3 Å². The zero-order valence-electron chi connectivity index (χ0n) is 9.92. The van der Waals surface area contributed by atoms with E-state index < -0.39 is 10.0 Å². The molecule has 0 fully saturated rings. The number of methoxy groups -OCH3 is 1. The van der Waals surface area contributed by atoms with E-state index >= 15 is 0 Å². The van der Waals surface area contributed by atoms with E-state index in [1.54, 1.807) is 12.1 Å². The number of para-hydroxylation sites is 1. The standard InChI is InChI=1S/C11H14N2O4S/c1-16-7-6-12-18(14,15)8-10-9-4-2-3-5-11(9)17-13-10/h2-5,12H,6-8H2,1H3. The molecule has 0 aliphatic rings. The summed E-state index contributed by atoms with van der Waals surface area (Å²) in [5.74, 6) is -0.201. The van der Waals surface area contributed by atoms with Gasteiger partial charge in [0.05, 0.1) is 6.61 Å². The summed E-state index contributed by atoms with van der Waals surface area (Å²) in [5.41, 5.74) is 0.995. The van der Waals surface area contributed by atoms with E-state index in [0.717, 1.165) is 5.39 Å². The lowest BCUT2D eigenvalue weighted by atomic mass is 10.2. The molecule has 0 aliphatic heterocycles. The van der Waals surface area contributed by atoms with Gasteiger partial charge in [0.25, 0.3) is 0 Å². The quantitative estimate of drug-likeness (QED) is 0.788. The first-order valence-electron chi connectivity index (χ1n) is 5.42. The molecule has 0 atom stereocenters. The number of fused-ring (bicyclic) bond motifs is 1. The molecule has 2 rings (SSSR count). The van der Waals surface area contributed by atoms with E-state index in [4.69, 9.17) is 9.26 Å². The van der Waals surface area contributed by atoms with E-state index in [0.29, 0.717) is 17.9 Å². The highest BCUT2D eigenvalue weighted by molar-refractivity contribution is 7.88. The van der Waals surface area contributed by atoms with Gasteiger partial charge in [0.1, 0.15) is 11.4 Å². The van der Waals surface area contributed by atoms with Crippen LogP contribution in [0.3, 0.4) is 0 Å². The van der Waals surface area contributed by atoms with Crippen LogP contribution < -0.4 is 4.72 Å². The fourth-order valence-electron chi connectivity index (χ4n) is 1.57. The summed E-state index contributed by atoms with van der Waals surface area (Å²) in [6.07, 6.45) is 0. The Bertz CT molecular complexity index is 621. The number of benzene rings is 1. The predicted molar refractivity (Wildman–Crippen MR) is 66.5 cm³/mol. The van der Waals surface area contributed by atoms with Gasteiger partial charge in [-0.05, 0) is 12.1 Å². The van der Waals surface area contributed by atoms with Gasteiger partial charge in [0.2, 0.25) is 10.0 Å². The molecule has 0 radical (unpaired) electrons. The Morgan fingerprint density at radius 3 is 2.94 bits per heavy atom. The first-order chi connectivity index (χ1) is 8.62. The molecule has 1 aromatic carbocycles. The molecule has 0 unspecified atom stereocenters. The number of aromatic nitrogens is 1. The van der Waals surface area contributed by atoms with Crippen LogP contribution >= 0.6 is 0 Å². The topological polar surface area (TPSA) is 81.4 Å². The molecular weight excluding hydrogens is 256 g/mol. The number of ether oxygens (including phenoxy) is 1. The summed E-state index contributed by atoms with van der Waals surface area (Å²) < 4.78 is 35.8. The van der Waals surface area contributed by atoms with Crippen LogP contribution in [0.2, 0.25) is 0 Å². The molecule has 0 aliphatic carbocycles. The number of sulfonamides is 1. The molecule has 0 spiro atoms. The highest BCUT2D eigenvalue weighted by Gasteiger charge is 2.16. The van der Waals surface area contributed by atoms with Crippen molar-refractivity contribution in [2.24, 2.45) is 0 Å². The van der Waals surface area contributed by atoms with Gasteiger partial charge < -0.3 is 9.26 Å². The Morgan fingerprint density at radius 1 is 1.39 bits per heavy atom. The Hall–Kier alpha value is -1.44. The molecule has 0 amide bonds. The normalized spacial score (nSPS) is 12.1. The van der Waals surface area contributed by atoms with Crippen LogP contribution in [-0.2, 0) is 20.5 Å². The smallest absolute Gasteiger partial charge is 0.217 e. The molecule has 18 heavy (non-hydrogen) atoms. The minimum atomic E-state index is -3.42. The molecule has 1 aromatic heterocycles. The average molecular weight is 270 g/mol. The van der Waals surface area contributed by atoms with Gasteiger partial charge in [-0.1, -0.05) is 17.3 Å². The zero-order valence-corrected chi connectivity index (χ0v) is 10.7. The molecule has 0 saturated heterocycles. The first kappa shape index (κ1) is 13.0. The van der Waals surface area contributed by atoms with Crippen LogP contribution in [0.15, 0.2) is 28.8 Å². The van der Waals surface area contributed by atoms with Crippen molar-refractivity contribution in [2.45, 2.75) is 5.75 Å². The maximum absolute atomic E-state index is 11.8. The van der Waals surface area contributed by atoms with Crippen LogP contribution in [0.25, 0.3) is 11.0 Å². The van der Waals surface area contributed by atoms with Gasteiger partial charge in [-0.25, -0.2) is 13.1 Å². The van der Waals surface area contributed by atoms with E-state index in [-0.39, 0.29) is 12.3 Å². The molecule has 7 heteroatoms. The highest BCUT2D eigenvalue weighted by atomic mass is 32.2. The van der Waals surface area contributed by atoms with Crippen LogP contribution in [-0.4, -0.2) is 33.8 Å². The summed E-state index contributed by atoms with van der Waals surface area (Å²) in [6.45, 7) is 0.577. The third kappa shape index (κ3) is 3.06. The number of hydrogen-bond donors (Lipinski definition) is 1.